The van der Waals surface area contributed by atoms with E-state index in [1.807, 2.05) is 24.3 Å². The van der Waals surface area contributed by atoms with Gasteiger partial charge >= 0.3 is 11.9 Å². The van der Waals surface area contributed by atoms with Gasteiger partial charge < -0.3 is 15.6 Å². The van der Waals surface area contributed by atoms with Gasteiger partial charge in [0.25, 0.3) is 0 Å². The van der Waals surface area contributed by atoms with Crippen molar-refractivity contribution in [3.8, 4) is 0 Å². The molecule has 2 aliphatic rings. The number of carboxylic acid groups (broad SMARTS) is 1. The number of hydrogen-bond acceptors (Lipinski definition) is 4. The predicted molar refractivity (Wildman–Crippen MR) is 78.2 cm³/mol. The maximum absolute atomic E-state index is 12.3. The van der Waals surface area contributed by atoms with Gasteiger partial charge in [-0.3, -0.25) is 9.59 Å². The van der Waals surface area contributed by atoms with E-state index < -0.39 is 23.4 Å². The molecule has 2 aliphatic carbocycles. The van der Waals surface area contributed by atoms with Gasteiger partial charge in [0.1, 0.15) is 12.1 Å². The second-order valence-electron chi connectivity index (χ2n) is 5.80. The van der Waals surface area contributed by atoms with Gasteiger partial charge in [-0.25, -0.2) is 0 Å². The smallest absolute Gasteiger partial charge is 0.326 e. The van der Waals surface area contributed by atoms with Gasteiger partial charge in [0.2, 0.25) is 0 Å². The number of esters is 1. The van der Waals surface area contributed by atoms with Crippen LogP contribution in [0.25, 0.3) is 0 Å². The topological polar surface area (TPSA) is 89.6 Å². The summed E-state index contributed by atoms with van der Waals surface area (Å²) in [7, 11) is 0. The number of carbonyl (C=O) groups excluding carboxylic acids is 1. The first kappa shape index (κ1) is 14.5. The summed E-state index contributed by atoms with van der Waals surface area (Å²) in [5.41, 5.74) is 5.88. The lowest BCUT2D eigenvalue weighted by molar-refractivity contribution is -0.153. The van der Waals surface area contributed by atoms with Crippen LogP contribution in [0.15, 0.2) is 28.7 Å². The average molecular weight is 354 g/mol. The zero-order chi connectivity index (χ0) is 15.2. The zero-order valence-corrected chi connectivity index (χ0v) is 12.9. The van der Waals surface area contributed by atoms with Gasteiger partial charge in [-0.15, -0.1) is 0 Å². The van der Waals surface area contributed by atoms with E-state index in [4.69, 9.17) is 15.6 Å². The molecule has 0 amide bonds. The SMILES string of the molecule is N[C@@]1(C(=O)OCc2ccccc2Br)CC[C@H]2[C@H](C(=O)O)[C@H]21. The molecule has 6 heteroatoms. The molecule has 3 rings (SSSR count). The summed E-state index contributed by atoms with van der Waals surface area (Å²) in [6, 6.07) is 7.46. The molecule has 5 nitrogen and oxygen atoms in total. The highest BCUT2D eigenvalue weighted by Gasteiger charge is 2.70. The van der Waals surface area contributed by atoms with Crippen molar-refractivity contribution in [2.75, 3.05) is 0 Å². The van der Waals surface area contributed by atoms with Crippen LogP contribution in [-0.4, -0.2) is 22.6 Å². The van der Waals surface area contributed by atoms with Crippen molar-refractivity contribution in [3.63, 3.8) is 0 Å². The van der Waals surface area contributed by atoms with Gasteiger partial charge in [0.15, 0.2) is 0 Å². The first-order valence-corrected chi connectivity index (χ1v) is 7.67. The summed E-state index contributed by atoms with van der Waals surface area (Å²) in [5, 5.41) is 9.10. The van der Waals surface area contributed by atoms with Crippen LogP contribution in [0.1, 0.15) is 18.4 Å². The zero-order valence-electron chi connectivity index (χ0n) is 11.3. The minimum Gasteiger partial charge on any atom is -0.481 e. The van der Waals surface area contributed by atoms with E-state index in [-0.39, 0.29) is 18.4 Å². The maximum Gasteiger partial charge on any atom is 0.326 e. The Balaban J connectivity index is 1.66. The number of benzene rings is 1. The fourth-order valence-corrected chi connectivity index (χ4v) is 3.87. The molecular weight excluding hydrogens is 338 g/mol. The van der Waals surface area contributed by atoms with E-state index >= 15 is 0 Å². The number of hydrogen-bond donors (Lipinski definition) is 2. The van der Waals surface area contributed by atoms with Crippen molar-refractivity contribution in [3.05, 3.63) is 34.3 Å². The van der Waals surface area contributed by atoms with Crippen LogP contribution in [0.5, 0.6) is 0 Å². The van der Waals surface area contributed by atoms with Gasteiger partial charge in [0, 0.05) is 16.0 Å². The van der Waals surface area contributed by atoms with E-state index in [1.165, 1.54) is 0 Å². The molecule has 112 valence electrons. The third-order valence-electron chi connectivity index (χ3n) is 4.64. The number of nitrogens with two attached hydrogens (primary N) is 1. The van der Waals surface area contributed by atoms with E-state index in [0.717, 1.165) is 10.0 Å². The number of rotatable bonds is 4. The summed E-state index contributed by atoms with van der Waals surface area (Å²) < 4.78 is 6.20. The van der Waals surface area contributed by atoms with Crippen molar-refractivity contribution in [1.29, 1.82) is 0 Å². The maximum atomic E-state index is 12.3. The van der Waals surface area contributed by atoms with Crippen molar-refractivity contribution in [1.82, 2.24) is 0 Å². The molecule has 0 bridgehead atoms. The van der Waals surface area contributed by atoms with E-state index in [1.54, 1.807) is 0 Å². The fourth-order valence-electron chi connectivity index (χ4n) is 3.48. The largest absolute Gasteiger partial charge is 0.481 e. The van der Waals surface area contributed by atoms with Gasteiger partial charge in [0.05, 0.1) is 5.92 Å². The number of carboxylic acids is 1. The van der Waals surface area contributed by atoms with Crippen LogP contribution in [-0.2, 0) is 20.9 Å². The number of fused-ring (bicyclic) bond motifs is 1. The molecule has 0 unspecified atom stereocenters. The Kier molecular flexibility index (Phi) is 3.53. The molecule has 0 spiro atoms. The normalized spacial score (nSPS) is 33.3. The molecule has 21 heavy (non-hydrogen) atoms. The lowest BCUT2D eigenvalue weighted by Gasteiger charge is -2.24. The molecule has 0 aliphatic heterocycles. The average Bonchev–Trinajstić information content (AvgIpc) is 3.10. The van der Waals surface area contributed by atoms with Crippen molar-refractivity contribution in [2.45, 2.75) is 25.0 Å². The Bertz CT molecular complexity index is 605. The van der Waals surface area contributed by atoms with Gasteiger partial charge in [-0.2, -0.15) is 0 Å². The number of ether oxygens (including phenoxy) is 1. The quantitative estimate of drug-likeness (QED) is 0.807. The molecule has 0 saturated heterocycles. The summed E-state index contributed by atoms with van der Waals surface area (Å²) in [5.74, 6) is -2.09. The number of carbonyl (C=O) groups is 2. The highest BCUT2D eigenvalue weighted by Crippen LogP contribution is 2.61. The van der Waals surface area contributed by atoms with Crippen LogP contribution in [0.4, 0.5) is 0 Å². The van der Waals surface area contributed by atoms with E-state index in [0.29, 0.717) is 12.8 Å². The van der Waals surface area contributed by atoms with Gasteiger partial charge in [-0.1, -0.05) is 34.1 Å². The fraction of sp³-hybridized carbons (Fsp3) is 0.467. The molecule has 0 heterocycles. The van der Waals surface area contributed by atoms with Crippen LogP contribution in [0.3, 0.4) is 0 Å². The van der Waals surface area contributed by atoms with Crippen LogP contribution >= 0.6 is 15.9 Å². The molecule has 3 N–H and O–H groups in total. The summed E-state index contributed by atoms with van der Waals surface area (Å²) >= 11 is 3.39. The van der Waals surface area contributed by atoms with Crippen LogP contribution in [0, 0.1) is 17.8 Å². The predicted octanol–water partition coefficient (Wildman–Crippen LogP) is 1.93. The second kappa shape index (κ2) is 5.10. The molecule has 1 aromatic carbocycles. The standard InChI is InChI=1S/C15H16BrNO4/c16-10-4-2-1-3-8(10)7-21-14(20)15(17)6-5-9-11(12(9)15)13(18)19/h1-4,9,11-12H,5-7,17H2,(H,18,19)/t9-,11-,12-,15-/m0/s1. The first-order chi connectivity index (χ1) is 9.95. The van der Waals surface area contributed by atoms with Gasteiger partial charge in [-0.05, 0) is 24.8 Å². The summed E-state index contributed by atoms with van der Waals surface area (Å²) in [6.07, 6.45) is 1.18. The first-order valence-electron chi connectivity index (χ1n) is 6.87. The lowest BCUT2D eigenvalue weighted by atomic mass is 9.91. The molecule has 1 aromatic rings. The molecule has 0 aromatic heterocycles. The van der Waals surface area contributed by atoms with Crippen LogP contribution in [0.2, 0.25) is 0 Å². The number of aliphatic carboxylic acids is 1. The molecule has 2 saturated carbocycles. The van der Waals surface area contributed by atoms with Crippen molar-refractivity contribution >= 4 is 27.9 Å². The molecule has 4 atom stereocenters. The minimum absolute atomic E-state index is 0.0310. The summed E-state index contributed by atoms with van der Waals surface area (Å²) in [6.45, 7) is 0.133. The molecule has 0 radical (unpaired) electrons. The Labute approximate surface area is 130 Å². The van der Waals surface area contributed by atoms with E-state index in [2.05, 4.69) is 15.9 Å². The highest BCUT2D eigenvalue weighted by atomic mass is 79.9. The Morgan fingerprint density at radius 3 is 2.76 bits per heavy atom. The monoisotopic (exact) mass is 353 g/mol. The number of halogens is 1. The minimum atomic E-state index is -1.14. The summed E-state index contributed by atoms with van der Waals surface area (Å²) in [4.78, 5) is 23.4. The Morgan fingerprint density at radius 1 is 1.43 bits per heavy atom. The third kappa shape index (κ3) is 2.36. The Hall–Kier alpha value is -1.40. The molecular formula is C15H16BrNO4. The molecule has 2 fully saturated rings. The lowest BCUT2D eigenvalue weighted by Crippen LogP contribution is -2.50. The highest BCUT2D eigenvalue weighted by molar-refractivity contribution is 9.10. The van der Waals surface area contributed by atoms with E-state index in [9.17, 15) is 9.59 Å². The second-order valence-corrected chi connectivity index (χ2v) is 6.65. The Morgan fingerprint density at radius 2 is 2.14 bits per heavy atom. The van der Waals surface area contributed by atoms with Crippen molar-refractivity contribution in [2.24, 2.45) is 23.5 Å². The third-order valence-corrected chi connectivity index (χ3v) is 5.41. The van der Waals surface area contributed by atoms with Crippen LogP contribution < -0.4 is 5.73 Å². The van der Waals surface area contributed by atoms with Crippen molar-refractivity contribution < 1.29 is 19.4 Å².